The van der Waals surface area contributed by atoms with Gasteiger partial charge in [-0.05, 0) is 35.9 Å². The van der Waals surface area contributed by atoms with Crippen molar-refractivity contribution in [3.8, 4) is 0 Å². The molecule has 3 heterocycles. The van der Waals surface area contributed by atoms with Gasteiger partial charge in [0.15, 0.2) is 5.16 Å². The minimum atomic E-state index is -0.0653. The number of benzene rings is 1. The molecule has 0 spiro atoms. The van der Waals surface area contributed by atoms with Gasteiger partial charge >= 0.3 is 0 Å². The first-order valence-corrected chi connectivity index (χ1v) is 9.97. The Hall–Kier alpha value is -2.12. The summed E-state index contributed by atoms with van der Waals surface area (Å²) >= 11 is 2.77. The molecule has 2 aromatic heterocycles. The van der Waals surface area contributed by atoms with Crippen molar-refractivity contribution in [3.63, 3.8) is 0 Å². The molecule has 3 aromatic rings. The van der Waals surface area contributed by atoms with Crippen molar-refractivity contribution in [2.24, 2.45) is 7.05 Å². The second-order valence-electron chi connectivity index (χ2n) is 5.96. The lowest BCUT2D eigenvalue weighted by Crippen LogP contribution is -2.36. The van der Waals surface area contributed by atoms with Gasteiger partial charge in [-0.15, -0.1) is 11.3 Å². The molecule has 0 N–H and O–H groups in total. The van der Waals surface area contributed by atoms with Crippen LogP contribution in [0.5, 0.6) is 0 Å². The molecule has 0 radical (unpaired) electrons. The van der Waals surface area contributed by atoms with Gasteiger partial charge in [0.2, 0.25) is 5.91 Å². The summed E-state index contributed by atoms with van der Waals surface area (Å²) in [6.45, 7) is 0.743. The number of aryl methyl sites for hydroxylation is 1. The lowest BCUT2D eigenvalue weighted by atomic mass is 10.0. The maximum Gasteiger partial charge on any atom is 0.262 e. The zero-order valence-electron chi connectivity index (χ0n) is 13.8. The first-order chi connectivity index (χ1) is 12.1. The maximum atomic E-state index is 12.7. The van der Waals surface area contributed by atoms with E-state index in [0.29, 0.717) is 10.5 Å². The Labute approximate surface area is 153 Å². The summed E-state index contributed by atoms with van der Waals surface area (Å²) in [5.41, 5.74) is 2.16. The van der Waals surface area contributed by atoms with Crippen molar-refractivity contribution in [1.29, 1.82) is 0 Å². The fourth-order valence-electron chi connectivity index (χ4n) is 3.11. The summed E-state index contributed by atoms with van der Waals surface area (Å²) in [5.74, 6) is 0.323. The van der Waals surface area contributed by atoms with Crippen LogP contribution in [0.15, 0.2) is 45.7 Å². The number of hydrogen-bond acceptors (Lipinski definition) is 5. The average Bonchev–Trinajstić information content (AvgIpc) is 3.11. The minimum Gasteiger partial charge on any atom is -0.311 e. The van der Waals surface area contributed by atoms with E-state index in [2.05, 4.69) is 11.1 Å². The number of aromatic nitrogens is 2. The summed E-state index contributed by atoms with van der Waals surface area (Å²) < 4.78 is 1.52. The molecule has 4 rings (SSSR count). The van der Waals surface area contributed by atoms with E-state index in [1.54, 1.807) is 13.1 Å². The second kappa shape index (κ2) is 6.65. The number of fused-ring (bicyclic) bond motifs is 2. The quantitative estimate of drug-likeness (QED) is 0.524. The summed E-state index contributed by atoms with van der Waals surface area (Å²) in [5, 5.41) is 3.08. The van der Waals surface area contributed by atoms with Gasteiger partial charge in [-0.1, -0.05) is 30.0 Å². The molecule has 0 fully saturated rings. The van der Waals surface area contributed by atoms with E-state index >= 15 is 0 Å². The molecular formula is C18H17N3O2S2. The average molecular weight is 371 g/mol. The third-order valence-corrected chi connectivity index (χ3v) is 6.22. The van der Waals surface area contributed by atoms with Crippen LogP contribution in [0.3, 0.4) is 0 Å². The van der Waals surface area contributed by atoms with Crippen LogP contribution in [0, 0.1) is 0 Å². The Morgan fingerprint density at radius 1 is 1.32 bits per heavy atom. The first kappa shape index (κ1) is 16.4. The van der Waals surface area contributed by atoms with Crippen LogP contribution >= 0.6 is 23.1 Å². The topological polar surface area (TPSA) is 55.2 Å². The van der Waals surface area contributed by atoms with Crippen LogP contribution in [0.4, 0.5) is 5.69 Å². The van der Waals surface area contributed by atoms with Gasteiger partial charge in [0, 0.05) is 19.3 Å². The number of carbonyl (C=O) groups is 1. The third kappa shape index (κ3) is 2.98. The molecule has 1 amide bonds. The Morgan fingerprint density at radius 2 is 2.16 bits per heavy atom. The molecule has 7 heteroatoms. The molecule has 0 saturated heterocycles. The molecule has 0 bridgehead atoms. The number of amides is 1. The van der Waals surface area contributed by atoms with E-state index in [1.165, 1.54) is 33.2 Å². The van der Waals surface area contributed by atoms with Crippen LogP contribution in [-0.2, 0) is 18.3 Å². The van der Waals surface area contributed by atoms with Crippen LogP contribution in [0.2, 0.25) is 0 Å². The first-order valence-electron chi connectivity index (χ1n) is 8.10. The lowest BCUT2D eigenvalue weighted by molar-refractivity contribution is -0.116. The highest BCUT2D eigenvalue weighted by Crippen LogP contribution is 2.28. The molecule has 1 aromatic carbocycles. The Bertz CT molecular complexity index is 1010. The number of thiophene rings is 1. The Kier molecular flexibility index (Phi) is 4.35. The summed E-state index contributed by atoms with van der Waals surface area (Å²) in [6, 6.07) is 9.85. The largest absolute Gasteiger partial charge is 0.311 e. The van der Waals surface area contributed by atoms with Crippen molar-refractivity contribution in [3.05, 3.63) is 51.6 Å². The zero-order valence-corrected chi connectivity index (χ0v) is 15.4. The number of para-hydroxylation sites is 1. The van der Waals surface area contributed by atoms with E-state index in [9.17, 15) is 9.59 Å². The summed E-state index contributed by atoms with van der Waals surface area (Å²) in [7, 11) is 1.70. The number of thioether (sulfide) groups is 1. The van der Waals surface area contributed by atoms with Crippen LogP contribution < -0.4 is 10.5 Å². The normalized spacial score (nSPS) is 13.9. The van der Waals surface area contributed by atoms with Crippen molar-refractivity contribution >= 4 is 44.9 Å². The predicted octanol–water partition coefficient (Wildman–Crippen LogP) is 3.07. The van der Waals surface area contributed by atoms with E-state index in [0.717, 1.165) is 29.9 Å². The molecule has 25 heavy (non-hydrogen) atoms. The van der Waals surface area contributed by atoms with Gasteiger partial charge < -0.3 is 4.90 Å². The van der Waals surface area contributed by atoms with Gasteiger partial charge in [0.1, 0.15) is 4.83 Å². The van der Waals surface area contributed by atoms with Gasteiger partial charge in [-0.3, -0.25) is 14.2 Å². The van der Waals surface area contributed by atoms with E-state index in [4.69, 9.17) is 0 Å². The number of rotatable bonds is 3. The summed E-state index contributed by atoms with van der Waals surface area (Å²) in [4.78, 5) is 32.2. The fourth-order valence-corrected chi connectivity index (χ4v) is 4.76. The maximum absolute atomic E-state index is 12.7. The monoisotopic (exact) mass is 371 g/mol. The van der Waals surface area contributed by atoms with Crippen molar-refractivity contribution in [2.75, 3.05) is 17.2 Å². The zero-order chi connectivity index (χ0) is 17.4. The van der Waals surface area contributed by atoms with E-state index in [1.807, 2.05) is 28.5 Å². The van der Waals surface area contributed by atoms with E-state index in [-0.39, 0.29) is 17.2 Å². The molecule has 1 aliphatic heterocycles. The lowest BCUT2D eigenvalue weighted by Gasteiger charge is -2.29. The number of anilines is 1. The smallest absolute Gasteiger partial charge is 0.262 e. The SMILES string of the molecule is Cn1c(SCC(=O)N2CCCc3ccccc32)nc2sccc2c1=O. The van der Waals surface area contributed by atoms with Crippen molar-refractivity contribution in [1.82, 2.24) is 9.55 Å². The minimum absolute atomic E-state index is 0.0534. The Balaban J connectivity index is 1.55. The number of nitrogens with zero attached hydrogens (tertiary/aromatic N) is 3. The van der Waals surface area contributed by atoms with Crippen LogP contribution in [0.25, 0.3) is 10.2 Å². The third-order valence-electron chi connectivity index (χ3n) is 4.40. The summed E-state index contributed by atoms with van der Waals surface area (Å²) in [6.07, 6.45) is 1.99. The van der Waals surface area contributed by atoms with Gasteiger partial charge in [0.25, 0.3) is 5.56 Å². The molecule has 5 nitrogen and oxygen atoms in total. The van der Waals surface area contributed by atoms with Gasteiger partial charge in [-0.2, -0.15) is 0 Å². The van der Waals surface area contributed by atoms with Crippen LogP contribution in [0.1, 0.15) is 12.0 Å². The molecule has 0 atom stereocenters. The van der Waals surface area contributed by atoms with E-state index < -0.39 is 0 Å². The fraction of sp³-hybridized carbons (Fsp3) is 0.278. The van der Waals surface area contributed by atoms with Crippen LogP contribution in [-0.4, -0.2) is 27.8 Å². The number of hydrogen-bond donors (Lipinski definition) is 0. The number of carbonyl (C=O) groups excluding carboxylic acids is 1. The van der Waals surface area contributed by atoms with Gasteiger partial charge in [-0.25, -0.2) is 4.98 Å². The van der Waals surface area contributed by atoms with Crippen molar-refractivity contribution < 1.29 is 4.79 Å². The highest BCUT2D eigenvalue weighted by molar-refractivity contribution is 7.99. The molecule has 0 saturated carbocycles. The molecule has 0 aliphatic carbocycles. The predicted molar refractivity (Wildman–Crippen MR) is 103 cm³/mol. The molecule has 0 unspecified atom stereocenters. The Morgan fingerprint density at radius 3 is 3.04 bits per heavy atom. The molecule has 128 valence electrons. The second-order valence-corrected chi connectivity index (χ2v) is 7.80. The molecular weight excluding hydrogens is 354 g/mol. The van der Waals surface area contributed by atoms with Crippen molar-refractivity contribution in [2.45, 2.75) is 18.0 Å². The standard InChI is InChI=1S/C18H17N3O2S2/c1-20-17(23)13-8-10-24-16(13)19-18(20)25-11-15(22)21-9-4-6-12-5-2-3-7-14(12)21/h2-3,5,7-8,10H,4,6,9,11H2,1H3. The van der Waals surface area contributed by atoms with Gasteiger partial charge in [0.05, 0.1) is 11.1 Å². The highest BCUT2D eigenvalue weighted by atomic mass is 32.2. The highest BCUT2D eigenvalue weighted by Gasteiger charge is 2.22. The molecule has 1 aliphatic rings.